The van der Waals surface area contributed by atoms with Crippen LogP contribution in [0.15, 0.2) is 70.2 Å². The predicted octanol–water partition coefficient (Wildman–Crippen LogP) is 5.67. The lowest BCUT2D eigenvalue weighted by Gasteiger charge is -2.13. The summed E-state index contributed by atoms with van der Waals surface area (Å²) in [5, 5.41) is 15.7. The van der Waals surface area contributed by atoms with E-state index in [2.05, 4.69) is 27.2 Å². The number of nitrogens with one attached hydrogen (secondary N) is 1. The number of nitro benzene ring substituents is 1. The summed E-state index contributed by atoms with van der Waals surface area (Å²) in [6, 6.07) is 17.5. The summed E-state index contributed by atoms with van der Waals surface area (Å²) < 4.78 is 29.5. The fraction of sp³-hybridized carbons (Fsp3) is 0.281. The maximum absolute atomic E-state index is 12.6. The number of hydrogen-bond acceptors (Lipinski definition) is 10. The minimum Gasteiger partial charge on any atom is -0.490 e. The maximum Gasteiger partial charge on any atom is 0.344 e. The van der Waals surface area contributed by atoms with Crippen LogP contribution >= 0.6 is 0 Å². The fourth-order valence-corrected chi connectivity index (χ4v) is 4.37. The lowest BCUT2D eigenvalue weighted by atomic mass is 10.2. The molecule has 13 heteroatoms. The highest BCUT2D eigenvalue weighted by atomic mass is 16.6. The first-order valence-corrected chi connectivity index (χ1v) is 14.1. The largest absolute Gasteiger partial charge is 0.490 e. The predicted molar refractivity (Wildman–Crippen MR) is 164 cm³/mol. The van der Waals surface area contributed by atoms with Gasteiger partial charge in [-0.25, -0.2) is 10.2 Å². The van der Waals surface area contributed by atoms with Crippen LogP contribution in [0.1, 0.15) is 54.0 Å². The number of hydrogen-bond donors (Lipinski definition) is 1. The van der Waals surface area contributed by atoms with E-state index in [9.17, 15) is 19.7 Å². The third-order valence-electron chi connectivity index (χ3n) is 6.27. The Bertz CT molecular complexity index is 1670. The topological polar surface area (TPSA) is 157 Å². The van der Waals surface area contributed by atoms with Crippen LogP contribution in [0.2, 0.25) is 0 Å². The van der Waals surface area contributed by atoms with Gasteiger partial charge in [0.05, 0.1) is 23.8 Å². The Labute approximate surface area is 259 Å². The Balaban J connectivity index is 1.37. The molecular formula is C32H34N4O9. The molecule has 45 heavy (non-hydrogen) atoms. The van der Waals surface area contributed by atoms with Gasteiger partial charge >= 0.3 is 17.6 Å². The normalized spacial score (nSPS) is 11.1. The molecule has 0 saturated heterocycles. The molecule has 0 radical (unpaired) electrons. The number of carbonyl (C=O) groups excluding carboxylic acids is 2. The summed E-state index contributed by atoms with van der Waals surface area (Å²) in [4.78, 5) is 35.6. The van der Waals surface area contributed by atoms with Crippen LogP contribution in [0.25, 0.3) is 5.69 Å². The van der Waals surface area contributed by atoms with Crippen molar-refractivity contribution in [3.63, 3.8) is 0 Å². The molecule has 1 N–H and O–H groups in total. The van der Waals surface area contributed by atoms with Crippen LogP contribution in [0.3, 0.4) is 0 Å². The van der Waals surface area contributed by atoms with Gasteiger partial charge in [-0.05, 0) is 89.2 Å². The van der Waals surface area contributed by atoms with E-state index in [4.69, 9.17) is 23.4 Å². The van der Waals surface area contributed by atoms with Gasteiger partial charge in [-0.2, -0.15) is 5.10 Å². The van der Waals surface area contributed by atoms with Crippen LogP contribution in [-0.2, 0) is 16.1 Å². The van der Waals surface area contributed by atoms with E-state index in [1.165, 1.54) is 24.4 Å². The molecule has 2 aromatic heterocycles. The summed E-state index contributed by atoms with van der Waals surface area (Å²) in [5.41, 5.74) is 5.40. The number of aromatic nitrogens is 1. The zero-order valence-electron chi connectivity index (χ0n) is 25.6. The highest BCUT2D eigenvalue weighted by molar-refractivity contribution is 5.92. The number of furan rings is 1. The van der Waals surface area contributed by atoms with Crippen molar-refractivity contribution in [2.24, 2.45) is 5.10 Å². The van der Waals surface area contributed by atoms with Crippen molar-refractivity contribution >= 4 is 23.8 Å². The van der Waals surface area contributed by atoms with Crippen LogP contribution in [-0.4, -0.2) is 46.9 Å². The molecule has 4 aromatic rings. The van der Waals surface area contributed by atoms with E-state index in [0.29, 0.717) is 11.5 Å². The Hall–Kier alpha value is -5.59. The molecule has 0 aliphatic heterocycles. The van der Waals surface area contributed by atoms with Gasteiger partial charge in [0.25, 0.3) is 0 Å². The SMILES string of the molecule is CCOc1cc(/C=N/NC(=O)c2ccc(COc3ccc(-n4c(C)ccc4C)cc3)o2)cc([N+](=O)[O-])c1OCC(=O)OC(C)C. The first kappa shape index (κ1) is 32.3. The van der Waals surface area contributed by atoms with E-state index < -0.39 is 29.1 Å². The molecule has 0 aliphatic rings. The van der Waals surface area contributed by atoms with E-state index in [1.807, 2.05) is 38.1 Å². The van der Waals surface area contributed by atoms with Crippen LogP contribution in [0.4, 0.5) is 5.69 Å². The van der Waals surface area contributed by atoms with Crippen molar-refractivity contribution in [1.82, 2.24) is 9.99 Å². The monoisotopic (exact) mass is 618 g/mol. The van der Waals surface area contributed by atoms with Gasteiger partial charge in [0.2, 0.25) is 5.75 Å². The van der Waals surface area contributed by atoms with Gasteiger partial charge < -0.3 is 27.9 Å². The third kappa shape index (κ3) is 8.50. The Morgan fingerprint density at radius 1 is 1.02 bits per heavy atom. The van der Waals surface area contributed by atoms with E-state index in [0.717, 1.165) is 17.1 Å². The van der Waals surface area contributed by atoms with Crippen molar-refractivity contribution in [3.05, 3.63) is 99.2 Å². The first-order chi connectivity index (χ1) is 21.5. The second-order valence-electron chi connectivity index (χ2n) is 10.1. The maximum atomic E-state index is 12.6. The molecule has 0 aliphatic carbocycles. The Kier molecular flexibility index (Phi) is 10.6. The lowest BCUT2D eigenvalue weighted by molar-refractivity contribution is -0.385. The summed E-state index contributed by atoms with van der Waals surface area (Å²) in [7, 11) is 0. The molecule has 0 atom stereocenters. The average Bonchev–Trinajstić information content (AvgIpc) is 3.61. The second-order valence-corrected chi connectivity index (χ2v) is 10.1. The molecule has 0 unspecified atom stereocenters. The molecule has 236 valence electrons. The number of amides is 1. The third-order valence-corrected chi connectivity index (χ3v) is 6.27. The summed E-state index contributed by atoms with van der Waals surface area (Å²) in [6.45, 7) is 8.85. The highest BCUT2D eigenvalue weighted by Crippen LogP contribution is 2.38. The molecule has 2 aromatic carbocycles. The smallest absolute Gasteiger partial charge is 0.344 e. The minimum absolute atomic E-state index is 0.00215. The number of nitrogens with zero attached hydrogens (tertiary/aromatic N) is 3. The molecule has 4 rings (SSSR count). The second kappa shape index (κ2) is 14.7. The van der Waals surface area contributed by atoms with Crippen molar-refractivity contribution in [2.75, 3.05) is 13.2 Å². The lowest BCUT2D eigenvalue weighted by Crippen LogP contribution is -2.19. The van der Waals surface area contributed by atoms with Gasteiger partial charge in [-0.1, -0.05) is 0 Å². The highest BCUT2D eigenvalue weighted by Gasteiger charge is 2.24. The van der Waals surface area contributed by atoms with E-state index in [1.54, 1.807) is 26.8 Å². The number of ether oxygens (including phenoxy) is 4. The van der Waals surface area contributed by atoms with Crippen molar-refractivity contribution in [3.8, 4) is 22.9 Å². The molecule has 0 fully saturated rings. The first-order valence-electron chi connectivity index (χ1n) is 14.1. The molecule has 0 saturated carbocycles. The molecule has 0 bridgehead atoms. The van der Waals surface area contributed by atoms with Crippen LogP contribution in [0.5, 0.6) is 17.2 Å². The number of aryl methyl sites for hydroxylation is 2. The van der Waals surface area contributed by atoms with Crippen molar-refractivity contribution in [2.45, 2.75) is 47.3 Å². The molecule has 0 spiro atoms. The number of nitro groups is 1. The zero-order valence-corrected chi connectivity index (χ0v) is 25.6. The zero-order chi connectivity index (χ0) is 32.5. The number of carbonyl (C=O) groups is 2. The van der Waals surface area contributed by atoms with Gasteiger partial charge in [0.15, 0.2) is 18.1 Å². The van der Waals surface area contributed by atoms with Gasteiger partial charge in [-0.15, -0.1) is 0 Å². The molecule has 1 amide bonds. The van der Waals surface area contributed by atoms with Gasteiger partial charge in [-0.3, -0.25) is 14.9 Å². The average molecular weight is 619 g/mol. The van der Waals surface area contributed by atoms with Crippen molar-refractivity contribution in [1.29, 1.82) is 0 Å². The number of hydrazone groups is 1. The number of rotatable bonds is 14. The minimum atomic E-state index is -0.685. The Morgan fingerprint density at radius 2 is 1.73 bits per heavy atom. The molecule has 2 heterocycles. The van der Waals surface area contributed by atoms with Crippen LogP contribution < -0.4 is 19.6 Å². The summed E-state index contributed by atoms with van der Waals surface area (Å²) in [5.74, 6) is -0.459. The fourth-order valence-electron chi connectivity index (χ4n) is 4.37. The standard InChI is InChI=1S/C32H34N4O9/c1-6-41-29-16-23(15-27(36(39)40)31(29)43-19-30(37)44-20(2)3)17-33-34-32(38)28-14-13-26(45-28)18-42-25-11-9-24(10-12-25)35-21(4)7-8-22(35)5/h7-17,20H,6,18-19H2,1-5H3,(H,34,38)/b33-17+. The van der Waals surface area contributed by atoms with E-state index in [-0.39, 0.29) is 42.1 Å². The summed E-state index contributed by atoms with van der Waals surface area (Å²) in [6.07, 6.45) is 0.836. The Morgan fingerprint density at radius 3 is 2.38 bits per heavy atom. The molecular weight excluding hydrogens is 584 g/mol. The van der Waals surface area contributed by atoms with Crippen molar-refractivity contribution < 1.29 is 37.9 Å². The van der Waals surface area contributed by atoms with Crippen LogP contribution in [0, 0.1) is 24.0 Å². The molecule has 13 nitrogen and oxygen atoms in total. The van der Waals surface area contributed by atoms with Gasteiger partial charge in [0, 0.05) is 28.7 Å². The number of esters is 1. The van der Waals surface area contributed by atoms with Gasteiger partial charge in [0.1, 0.15) is 18.1 Å². The number of benzene rings is 2. The quantitative estimate of drug-likeness (QED) is 0.0814. The summed E-state index contributed by atoms with van der Waals surface area (Å²) >= 11 is 0. The van der Waals surface area contributed by atoms with E-state index >= 15 is 0 Å².